The molecule has 0 N–H and O–H groups in total. The summed E-state index contributed by atoms with van der Waals surface area (Å²) in [4.78, 5) is 10.3. The third-order valence-corrected chi connectivity index (χ3v) is 1.45. The number of aromatic nitrogens is 2. The molecular formula is C10H19N3. The SMILES string of the molecule is CC.CCCN(C)c1ncccn1. The van der Waals surface area contributed by atoms with Crippen molar-refractivity contribution in [1.29, 1.82) is 0 Å². The van der Waals surface area contributed by atoms with E-state index in [4.69, 9.17) is 0 Å². The normalized spacial score (nSPS) is 8.62. The molecule has 3 heteroatoms. The number of anilines is 1. The third-order valence-electron chi connectivity index (χ3n) is 1.45. The summed E-state index contributed by atoms with van der Waals surface area (Å²) in [5.74, 6) is 0.800. The molecule has 0 saturated carbocycles. The summed E-state index contributed by atoms with van der Waals surface area (Å²) in [7, 11) is 2.00. The minimum atomic E-state index is 0.800. The lowest BCUT2D eigenvalue weighted by molar-refractivity contribution is 0.818. The summed E-state index contributed by atoms with van der Waals surface area (Å²) in [5.41, 5.74) is 0. The van der Waals surface area contributed by atoms with E-state index in [1.54, 1.807) is 12.4 Å². The van der Waals surface area contributed by atoms with Crippen LogP contribution < -0.4 is 4.90 Å². The standard InChI is InChI=1S/C8H13N3.C2H6/c1-3-7-11(2)8-9-5-4-6-10-8;1-2/h4-6H,3,7H2,1-2H3;1-2H3. The summed E-state index contributed by atoms with van der Waals surface area (Å²) < 4.78 is 0. The maximum Gasteiger partial charge on any atom is 0.224 e. The average molecular weight is 181 g/mol. The van der Waals surface area contributed by atoms with E-state index in [9.17, 15) is 0 Å². The lowest BCUT2D eigenvalue weighted by Gasteiger charge is -2.14. The molecule has 0 amide bonds. The summed E-state index contributed by atoms with van der Waals surface area (Å²) in [6.07, 6.45) is 4.64. The Morgan fingerprint density at radius 2 is 1.77 bits per heavy atom. The zero-order valence-corrected chi connectivity index (χ0v) is 8.99. The first-order chi connectivity index (χ1) is 6.34. The van der Waals surface area contributed by atoms with Gasteiger partial charge in [-0.15, -0.1) is 0 Å². The zero-order valence-electron chi connectivity index (χ0n) is 8.99. The minimum absolute atomic E-state index is 0.800. The molecule has 0 aliphatic rings. The second-order valence-electron chi connectivity index (χ2n) is 2.47. The fraction of sp³-hybridized carbons (Fsp3) is 0.600. The van der Waals surface area contributed by atoms with Crippen LogP contribution in [0.3, 0.4) is 0 Å². The largest absolute Gasteiger partial charge is 0.344 e. The van der Waals surface area contributed by atoms with Gasteiger partial charge >= 0.3 is 0 Å². The molecule has 13 heavy (non-hydrogen) atoms. The van der Waals surface area contributed by atoms with Gasteiger partial charge in [0.15, 0.2) is 0 Å². The number of hydrogen-bond acceptors (Lipinski definition) is 3. The van der Waals surface area contributed by atoms with Crippen molar-refractivity contribution in [2.24, 2.45) is 0 Å². The van der Waals surface area contributed by atoms with Gasteiger partial charge in [0.05, 0.1) is 0 Å². The van der Waals surface area contributed by atoms with Crippen LogP contribution in [0.15, 0.2) is 18.5 Å². The van der Waals surface area contributed by atoms with Crippen molar-refractivity contribution >= 4 is 5.95 Å². The van der Waals surface area contributed by atoms with E-state index < -0.39 is 0 Å². The first-order valence-electron chi connectivity index (χ1n) is 4.82. The van der Waals surface area contributed by atoms with Gasteiger partial charge < -0.3 is 4.90 Å². The van der Waals surface area contributed by atoms with Crippen molar-refractivity contribution in [3.63, 3.8) is 0 Å². The summed E-state index contributed by atoms with van der Waals surface area (Å²) in [6.45, 7) is 7.14. The summed E-state index contributed by atoms with van der Waals surface area (Å²) >= 11 is 0. The lowest BCUT2D eigenvalue weighted by Crippen LogP contribution is -2.19. The molecule has 1 aromatic heterocycles. The molecule has 1 heterocycles. The first kappa shape index (κ1) is 11.9. The molecule has 1 rings (SSSR count). The average Bonchev–Trinajstić information content (AvgIpc) is 2.23. The van der Waals surface area contributed by atoms with Crippen LogP contribution in [0.25, 0.3) is 0 Å². The van der Waals surface area contributed by atoms with Crippen LogP contribution in [0.1, 0.15) is 27.2 Å². The van der Waals surface area contributed by atoms with Gasteiger partial charge in [0.1, 0.15) is 0 Å². The monoisotopic (exact) mass is 181 g/mol. The molecule has 0 spiro atoms. The van der Waals surface area contributed by atoms with E-state index in [1.165, 1.54) is 0 Å². The number of nitrogens with zero attached hydrogens (tertiary/aromatic N) is 3. The zero-order chi connectivity index (χ0) is 10.1. The maximum absolute atomic E-state index is 4.11. The molecule has 0 aliphatic carbocycles. The van der Waals surface area contributed by atoms with Gasteiger partial charge in [-0.1, -0.05) is 20.8 Å². The Bertz CT molecular complexity index is 199. The van der Waals surface area contributed by atoms with Gasteiger partial charge in [0.25, 0.3) is 0 Å². The predicted octanol–water partition coefficient (Wildman–Crippen LogP) is 2.35. The van der Waals surface area contributed by atoms with Crippen LogP contribution in [0.2, 0.25) is 0 Å². The van der Waals surface area contributed by atoms with E-state index in [-0.39, 0.29) is 0 Å². The fourth-order valence-corrected chi connectivity index (χ4v) is 0.924. The van der Waals surface area contributed by atoms with Gasteiger partial charge in [-0.25, -0.2) is 9.97 Å². The second-order valence-corrected chi connectivity index (χ2v) is 2.47. The van der Waals surface area contributed by atoms with Crippen LogP contribution in [-0.4, -0.2) is 23.6 Å². The Balaban J connectivity index is 0.000000671. The highest BCUT2D eigenvalue weighted by atomic mass is 15.2. The van der Waals surface area contributed by atoms with E-state index in [1.807, 2.05) is 31.9 Å². The molecule has 1 aromatic rings. The lowest BCUT2D eigenvalue weighted by atomic mass is 10.4. The molecule has 0 aromatic carbocycles. The van der Waals surface area contributed by atoms with Crippen molar-refractivity contribution in [1.82, 2.24) is 9.97 Å². The van der Waals surface area contributed by atoms with Crippen molar-refractivity contribution in [3.05, 3.63) is 18.5 Å². The van der Waals surface area contributed by atoms with Crippen molar-refractivity contribution in [2.75, 3.05) is 18.5 Å². The highest BCUT2D eigenvalue weighted by Gasteiger charge is 1.98. The summed E-state index contributed by atoms with van der Waals surface area (Å²) in [6, 6.07) is 1.82. The van der Waals surface area contributed by atoms with Gasteiger partial charge in [0.2, 0.25) is 5.95 Å². The summed E-state index contributed by atoms with van der Waals surface area (Å²) in [5, 5.41) is 0. The van der Waals surface area contributed by atoms with Crippen molar-refractivity contribution < 1.29 is 0 Å². The topological polar surface area (TPSA) is 29.0 Å². The molecule has 0 bridgehead atoms. The van der Waals surface area contributed by atoms with Crippen LogP contribution >= 0.6 is 0 Å². The van der Waals surface area contributed by atoms with Crippen LogP contribution in [0, 0.1) is 0 Å². The fourth-order valence-electron chi connectivity index (χ4n) is 0.924. The molecular weight excluding hydrogens is 162 g/mol. The van der Waals surface area contributed by atoms with Crippen LogP contribution in [-0.2, 0) is 0 Å². The van der Waals surface area contributed by atoms with Crippen molar-refractivity contribution in [3.8, 4) is 0 Å². The van der Waals surface area contributed by atoms with Crippen LogP contribution in [0.5, 0.6) is 0 Å². The third kappa shape index (κ3) is 4.45. The molecule has 0 aliphatic heterocycles. The molecule has 0 saturated heterocycles. The van der Waals surface area contributed by atoms with Crippen molar-refractivity contribution in [2.45, 2.75) is 27.2 Å². The Labute approximate surface area is 80.8 Å². The molecule has 0 atom stereocenters. The Morgan fingerprint density at radius 3 is 2.23 bits per heavy atom. The minimum Gasteiger partial charge on any atom is -0.344 e. The van der Waals surface area contributed by atoms with E-state index in [0.29, 0.717) is 0 Å². The Hall–Kier alpha value is -1.12. The quantitative estimate of drug-likeness (QED) is 0.716. The number of hydrogen-bond donors (Lipinski definition) is 0. The van der Waals surface area contributed by atoms with Gasteiger partial charge in [0, 0.05) is 26.0 Å². The molecule has 0 unspecified atom stereocenters. The first-order valence-corrected chi connectivity index (χ1v) is 4.82. The number of rotatable bonds is 3. The predicted molar refractivity (Wildman–Crippen MR) is 56.9 cm³/mol. The van der Waals surface area contributed by atoms with E-state index in [2.05, 4.69) is 16.9 Å². The van der Waals surface area contributed by atoms with Crippen LogP contribution in [0.4, 0.5) is 5.95 Å². The maximum atomic E-state index is 4.11. The second kappa shape index (κ2) is 7.53. The van der Waals surface area contributed by atoms with Gasteiger partial charge in [-0.3, -0.25) is 0 Å². The molecule has 3 nitrogen and oxygen atoms in total. The molecule has 0 radical (unpaired) electrons. The highest BCUT2D eigenvalue weighted by Crippen LogP contribution is 2.01. The highest BCUT2D eigenvalue weighted by molar-refractivity contribution is 5.25. The Morgan fingerprint density at radius 1 is 1.23 bits per heavy atom. The van der Waals surface area contributed by atoms with Gasteiger partial charge in [-0.2, -0.15) is 0 Å². The van der Waals surface area contributed by atoms with E-state index in [0.717, 1.165) is 18.9 Å². The molecule has 74 valence electrons. The van der Waals surface area contributed by atoms with E-state index >= 15 is 0 Å². The van der Waals surface area contributed by atoms with Gasteiger partial charge in [-0.05, 0) is 12.5 Å². The smallest absolute Gasteiger partial charge is 0.224 e. The Kier molecular flexibility index (Phi) is 6.88. The molecule has 0 fully saturated rings.